The lowest BCUT2D eigenvalue weighted by molar-refractivity contribution is -0.387. The number of alkyl halides is 2. The zero-order chi connectivity index (χ0) is 11.6. The van der Waals surface area contributed by atoms with Crippen molar-refractivity contribution >= 4 is 21.6 Å². The average Bonchev–Trinajstić information content (AvgIpc) is 2.17. The van der Waals surface area contributed by atoms with E-state index in [1.165, 1.54) is 0 Å². The van der Waals surface area contributed by atoms with Gasteiger partial charge in [-0.05, 0) is 15.9 Å². The Kier molecular flexibility index (Phi) is 3.30. The van der Waals surface area contributed by atoms with Gasteiger partial charge in [-0.2, -0.15) is 8.78 Å². The molecule has 0 aliphatic rings. The Morgan fingerprint density at radius 2 is 2.27 bits per heavy atom. The Bertz CT molecular complexity index is 400. The van der Waals surface area contributed by atoms with E-state index in [0.717, 1.165) is 12.3 Å². The normalized spacial score (nSPS) is 11.5. The summed E-state index contributed by atoms with van der Waals surface area (Å²) in [7, 11) is 0. The molecule has 0 saturated carbocycles. The van der Waals surface area contributed by atoms with E-state index in [0.29, 0.717) is 0 Å². The summed E-state index contributed by atoms with van der Waals surface area (Å²) in [4.78, 5) is 12.9. The number of hydrogen-bond acceptors (Lipinski definition) is 4. The zero-order valence-electron chi connectivity index (χ0n) is 7.28. The van der Waals surface area contributed by atoms with E-state index in [1.54, 1.807) is 0 Å². The zero-order valence-corrected chi connectivity index (χ0v) is 8.87. The second kappa shape index (κ2) is 4.15. The molecule has 0 amide bonds. The molecule has 1 aromatic rings. The van der Waals surface area contributed by atoms with Crippen LogP contribution in [-0.2, 0) is 5.92 Å². The average molecular weight is 282 g/mol. The molecule has 82 valence electrons. The lowest BCUT2D eigenvalue weighted by Gasteiger charge is -2.12. The summed E-state index contributed by atoms with van der Waals surface area (Å²) in [5.74, 6) is -3.50. The van der Waals surface area contributed by atoms with Crippen LogP contribution in [0.2, 0.25) is 0 Å². The minimum Gasteiger partial charge on any atom is -0.325 e. The van der Waals surface area contributed by atoms with Gasteiger partial charge >= 0.3 is 5.92 Å². The molecule has 0 radical (unpaired) electrons. The largest absolute Gasteiger partial charge is 0.325 e. The van der Waals surface area contributed by atoms with Crippen molar-refractivity contribution in [2.24, 2.45) is 5.73 Å². The molecule has 0 spiro atoms. The molecule has 0 saturated heterocycles. The van der Waals surface area contributed by atoms with E-state index >= 15 is 0 Å². The van der Waals surface area contributed by atoms with Crippen LogP contribution < -0.4 is 5.73 Å². The molecule has 2 N–H and O–H groups in total. The van der Waals surface area contributed by atoms with Crippen LogP contribution in [0.4, 0.5) is 14.5 Å². The molecule has 0 aliphatic heterocycles. The second-order valence-electron chi connectivity index (χ2n) is 2.69. The van der Waals surface area contributed by atoms with Crippen molar-refractivity contribution < 1.29 is 13.7 Å². The summed E-state index contributed by atoms with van der Waals surface area (Å²) < 4.78 is 26.5. The molecular formula is C7H6BrF2N3O2. The van der Waals surface area contributed by atoms with Crippen molar-refractivity contribution in [2.75, 3.05) is 6.54 Å². The van der Waals surface area contributed by atoms with E-state index in [2.05, 4.69) is 20.9 Å². The van der Waals surface area contributed by atoms with Crippen LogP contribution >= 0.6 is 15.9 Å². The number of halogens is 3. The van der Waals surface area contributed by atoms with Crippen LogP contribution in [0.3, 0.4) is 0 Å². The van der Waals surface area contributed by atoms with E-state index in [4.69, 9.17) is 5.73 Å². The molecule has 0 fully saturated rings. The Hall–Kier alpha value is -1.15. The third kappa shape index (κ3) is 2.45. The monoisotopic (exact) mass is 281 g/mol. The van der Waals surface area contributed by atoms with Crippen molar-refractivity contribution in [2.45, 2.75) is 5.92 Å². The van der Waals surface area contributed by atoms with Gasteiger partial charge in [0.25, 0.3) is 5.69 Å². The quantitative estimate of drug-likeness (QED) is 0.677. The fraction of sp³-hybridized carbons (Fsp3) is 0.286. The molecule has 1 heterocycles. The van der Waals surface area contributed by atoms with Crippen molar-refractivity contribution in [3.63, 3.8) is 0 Å². The molecular weight excluding hydrogens is 276 g/mol. The summed E-state index contributed by atoms with van der Waals surface area (Å²) in [5, 5.41) is 10.5. The number of nitro groups is 1. The Balaban J connectivity index is 3.35. The van der Waals surface area contributed by atoms with Crippen LogP contribution in [0.1, 0.15) is 5.69 Å². The summed E-state index contributed by atoms with van der Waals surface area (Å²) in [6.45, 7) is -1.03. The van der Waals surface area contributed by atoms with Crippen LogP contribution in [0, 0.1) is 10.1 Å². The Labute approximate surface area is 91.6 Å². The number of nitrogens with zero attached hydrogens (tertiary/aromatic N) is 2. The smallest absolute Gasteiger partial charge is 0.308 e. The maximum absolute atomic E-state index is 13.1. The lowest BCUT2D eigenvalue weighted by Crippen LogP contribution is -2.27. The van der Waals surface area contributed by atoms with Gasteiger partial charge in [-0.15, -0.1) is 0 Å². The number of rotatable bonds is 3. The van der Waals surface area contributed by atoms with E-state index in [-0.39, 0.29) is 4.47 Å². The van der Waals surface area contributed by atoms with Crippen LogP contribution in [0.25, 0.3) is 0 Å². The SMILES string of the molecule is NCC(F)(F)c1ncc(Br)cc1[N+](=O)[O-]. The van der Waals surface area contributed by atoms with E-state index in [1.807, 2.05) is 0 Å². The highest BCUT2D eigenvalue weighted by Gasteiger charge is 2.38. The molecule has 1 rings (SSSR count). The van der Waals surface area contributed by atoms with Gasteiger partial charge in [0, 0.05) is 16.7 Å². The van der Waals surface area contributed by atoms with Crippen molar-refractivity contribution in [1.82, 2.24) is 4.98 Å². The third-order valence-corrected chi connectivity index (χ3v) is 2.07. The predicted octanol–water partition coefficient (Wildman–Crippen LogP) is 1.80. The summed E-state index contributed by atoms with van der Waals surface area (Å²) in [6, 6.07) is 0.964. The van der Waals surface area contributed by atoms with Gasteiger partial charge in [-0.1, -0.05) is 0 Å². The fourth-order valence-corrected chi connectivity index (χ4v) is 1.27. The third-order valence-electron chi connectivity index (χ3n) is 1.63. The molecule has 15 heavy (non-hydrogen) atoms. The summed E-state index contributed by atoms with van der Waals surface area (Å²) in [6.07, 6.45) is 1.06. The van der Waals surface area contributed by atoms with Crippen LogP contribution in [-0.4, -0.2) is 16.5 Å². The Morgan fingerprint density at radius 1 is 1.67 bits per heavy atom. The fourth-order valence-electron chi connectivity index (χ4n) is 0.946. The topological polar surface area (TPSA) is 82.0 Å². The molecule has 0 aromatic carbocycles. The second-order valence-corrected chi connectivity index (χ2v) is 3.60. The highest BCUT2D eigenvalue weighted by atomic mass is 79.9. The highest BCUT2D eigenvalue weighted by Crippen LogP contribution is 2.33. The van der Waals surface area contributed by atoms with Gasteiger partial charge in [0.2, 0.25) is 0 Å². The molecule has 0 bridgehead atoms. The molecule has 0 aliphatic carbocycles. The first-order valence-corrected chi connectivity index (χ1v) is 4.56. The standard InChI is InChI=1S/C7H6BrF2N3O2/c8-4-1-5(13(14)15)6(12-2-4)7(9,10)3-11/h1-2H,3,11H2. The number of nitrogens with two attached hydrogens (primary N) is 1. The molecule has 1 aromatic heterocycles. The predicted molar refractivity (Wildman–Crippen MR) is 51.5 cm³/mol. The first kappa shape index (κ1) is 11.9. The van der Waals surface area contributed by atoms with E-state index < -0.39 is 28.8 Å². The van der Waals surface area contributed by atoms with Gasteiger partial charge < -0.3 is 5.73 Å². The van der Waals surface area contributed by atoms with Gasteiger partial charge in [-0.25, -0.2) is 4.98 Å². The highest BCUT2D eigenvalue weighted by molar-refractivity contribution is 9.10. The number of pyridine rings is 1. The Morgan fingerprint density at radius 3 is 2.73 bits per heavy atom. The van der Waals surface area contributed by atoms with E-state index in [9.17, 15) is 18.9 Å². The lowest BCUT2D eigenvalue weighted by atomic mass is 10.2. The summed E-state index contributed by atoms with van der Waals surface area (Å²) in [5.41, 5.74) is 3.15. The van der Waals surface area contributed by atoms with Gasteiger partial charge in [0.15, 0.2) is 5.69 Å². The number of hydrogen-bond donors (Lipinski definition) is 1. The van der Waals surface area contributed by atoms with Crippen LogP contribution in [0.15, 0.2) is 16.7 Å². The van der Waals surface area contributed by atoms with Gasteiger partial charge in [0.05, 0.1) is 11.5 Å². The first-order valence-electron chi connectivity index (χ1n) is 3.77. The minimum atomic E-state index is -3.50. The molecule has 0 atom stereocenters. The summed E-state index contributed by atoms with van der Waals surface area (Å²) >= 11 is 2.91. The first-order chi connectivity index (χ1) is 6.88. The van der Waals surface area contributed by atoms with Gasteiger partial charge in [-0.3, -0.25) is 10.1 Å². The van der Waals surface area contributed by atoms with Gasteiger partial charge in [0.1, 0.15) is 0 Å². The van der Waals surface area contributed by atoms with Crippen molar-refractivity contribution in [3.8, 4) is 0 Å². The minimum absolute atomic E-state index is 0.255. The maximum Gasteiger partial charge on any atom is 0.308 e. The van der Waals surface area contributed by atoms with Crippen molar-refractivity contribution in [1.29, 1.82) is 0 Å². The molecule has 8 heteroatoms. The maximum atomic E-state index is 13.1. The van der Waals surface area contributed by atoms with Crippen molar-refractivity contribution in [3.05, 3.63) is 32.5 Å². The molecule has 0 unspecified atom stereocenters. The molecule has 5 nitrogen and oxygen atoms in total. The van der Waals surface area contributed by atoms with Crippen LogP contribution in [0.5, 0.6) is 0 Å². The number of aromatic nitrogens is 1.